The number of carbonyl (C=O) groups is 1. The molecule has 0 aromatic heterocycles. The van der Waals surface area contributed by atoms with Gasteiger partial charge in [-0.15, -0.1) is 0 Å². The topological polar surface area (TPSA) is 59.4 Å². The lowest BCUT2D eigenvalue weighted by Gasteiger charge is -2.35. The summed E-state index contributed by atoms with van der Waals surface area (Å²) in [5.74, 6) is -0.590. The Morgan fingerprint density at radius 2 is 1.93 bits per heavy atom. The van der Waals surface area contributed by atoms with E-state index in [4.69, 9.17) is 28.5 Å². The van der Waals surface area contributed by atoms with E-state index >= 15 is 0 Å². The normalized spacial score (nSPS) is 14.7. The summed E-state index contributed by atoms with van der Waals surface area (Å²) in [5.41, 5.74) is 1.25. The third-order valence-electron chi connectivity index (χ3n) is 4.38. The van der Waals surface area contributed by atoms with Gasteiger partial charge in [-0.1, -0.05) is 29.3 Å². The Kier molecular flexibility index (Phi) is 6.17. The van der Waals surface area contributed by atoms with Crippen molar-refractivity contribution in [2.75, 3.05) is 42.9 Å². The highest BCUT2D eigenvalue weighted by molar-refractivity contribution is 6.44. The maximum atomic E-state index is 14.1. The first-order valence-electron chi connectivity index (χ1n) is 8.39. The summed E-state index contributed by atoms with van der Waals surface area (Å²) in [6.45, 7) is 2.64. The van der Waals surface area contributed by atoms with Crippen LogP contribution < -0.4 is 10.2 Å². The fraction of sp³-hybridized carbons (Fsp3) is 0.263. The van der Waals surface area contributed by atoms with Gasteiger partial charge >= 0.3 is 0 Å². The lowest BCUT2D eigenvalue weighted by molar-refractivity contribution is -0.117. The number of halogens is 3. The smallest absolute Gasteiger partial charge is 0.238 e. The van der Waals surface area contributed by atoms with Crippen molar-refractivity contribution in [2.45, 2.75) is 0 Å². The van der Waals surface area contributed by atoms with E-state index in [1.54, 1.807) is 30.3 Å². The number of carbonyl (C=O) groups excluding carboxylic acids is 1. The first-order chi connectivity index (χ1) is 13.0. The van der Waals surface area contributed by atoms with Crippen LogP contribution in [0.5, 0.6) is 0 Å². The van der Waals surface area contributed by atoms with E-state index in [2.05, 4.69) is 5.32 Å². The molecule has 5 nitrogen and oxygen atoms in total. The molecule has 140 valence electrons. The zero-order valence-corrected chi connectivity index (χ0v) is 15.9. The molecular formula is C19H17Cl2FN4O. The average Bonchev–Trinajstić information content (AvgIpc) is 2.66. The van der Waals surface area contributed by atoms with Crippen LogP contribution >= 0.6 is 23.2 Å². The summed E-state index contributed by atoms with van der Waals surface area (Å²) in [7, 11) is 0. The van der Waals surface area contributed by atoms with Gasteiger partial charge in [-0.05, 0) is 30.3 Å². The molecule has 0 radical (unpaired) electrons. The Hall–Kier alpha value is -2.33. The van der Waals surface area contributed by atoms with Crippen LogP contribution in [0.25, 0.3) is 0 Å². The largest absolute Gasteiger partial charge is 0.367 e. The summed E-state index contributed by atoms with van der Waals surface area (Å²) in [5, 5.41) is 12.3. The summed E-state index contributed by atoms with van der Waals surface area (Å²) >= 11 is 12.0. The van der Waals surface area contributed by atoms with E-state index in [-0.39, 0.29) is 12.5 Å². The maximum absolute atomic E-state index is 14.1. The molecule has 8 heteroatoms. The van der Waals surface area contributed by atoms with Gasteiger partial charge in [-0.25, -0.2) is 4.39 Å². The van der Waals surface area contributed by atoms with E-state index in [1.165, 1.54) is 6.07 Å². The Balaban J connectivity index is 1.54. The SMILES string of the molecule is N#Cc1ccc(N2CCN(CC(=O)Nc3cccc(Cl)c3Cl)CC2)c(F)c1. The molecule has 0 saturated carbocycles. The molecular weight excluding hydrogens is 390 g/mol. The molecule has 3 rings (SSSR count). The fourth-order valence-corrected chi connectivity index (χ4v) is 3.32. The number of hydrogen-bond donors (Lipinski definition) is 1. The molecule has 1 N–H and O–H groups in total. The molecule has 0 bridgehead atoms. The Bertz CT molecular complexity index is 892. The Labute approximate surface area is 166 Å². The fourth-order valence-electron chi connectivity index (χ4n) is 2.97. The second-order valence-electron chi connectivity index (χ2n) is 6.19. The van der Waals surface area contributed by atoms with Gasteiger partial charge in [0.2, 0.25) is 5.91 Å². The van der Waals surface area contributed by atoms with Crippen LogP contribution in [-0.4, -0.2) is 43.5 Å². The minimum Gasteiger partial charge on any atom is -0.367 e. The minimum absolute atomic E-state index is 0.183. The number of nitrogens with one attached hydrogen (secondary N) is 1. The van der Waals surface area contributed by atoms with Gasteiger partial charge in [0.1, 0.15) is 5.82 Å². The summed E-state index contributed by atoms with van der Waals surface area (Å²) in [4.78, 5) is 16.2. The molecule has 1 aliphatic heterocycles. The van der Waals surface area contributed by atoms with Crippen LogP contribution in [-0.2, 0) is 4.79 Å². The summed E-state index contributed by atoms with van der Waals surface area (Å²) in [6.07, 6.45) is 0. The van der Waals surface area contributed by atoms with Crippen molar-refractivity contribution in [3.63, 3.8) is 0 Å². The average molecular weight is 407 g/mol. The lowest BCUT2D eigenvalue weighted by atomic mass is 10.2. The number of nitrogens with zero attached hydrogens (tertiary/aromatic N) is 3. The molecule has 0 spiro atoms. The highest BCUT2D eigenvalue weighted by atomic mass is 35.5. The van der Waals surface area contributed by atoms with Crippen molar-refractivity contribution in [2.24, 2.45) is 0 Å². The van der Waals surface area contributed by atoms with Crippen molar-refractivity contribution >= 4 is 40.5 Å². The number of nitriles is 1. The molecule has 1 saturated heterocycles. The quantitative estimate of drug-likeness (QED) is 0.839. The zero-order valence-electron chi connectivity index (χ0n) is 14.4. The summed E-state index contributed by atoms with van der Waals surface area (Å²) < 4.78 is 14.1. The maximum Gasteiger partial charge on any atom is 0.238 e. The van der Waals surface area contributed by atoms with Crippen molar-refractivity contribution in [3.8, 4) is 6.07 Å². The van der Waals surface area contributed by atoms with Gasteiger partial charge in [0.05, 0.1) is 39.6 Å². The van der Waals surface area contributed by atoms with Crippen molar-refractivity contribution < 1.29 is 9.18 Å². The highest BCUT2D eigenvalue weighted by Gasteiger charge is 2.21. The van der Waals surface area contributed by atoms with Gasteiger partial charge in [0, 0.05) is 26.2 Å². The number of benzene rings is 2. The van der Waals surface area contributed by atoms with Crippen LogP contribution in [0.2, 0.25) is 10.0 Å². The van der Waals surface area contributed by atoms with E-state index in [9.17, 15) is 9.18 Å². The Morgan fingerprint density at radius 1 is 1.19 bits per heavy atom. The van der Waals surface area contributed by atoms with Crippen LogP contribution in [0.4, 0.5) is 15.8 Å². The number of anilines is 2. The second-order valence-corrected chi connectivity index (χ2v) is 6.98. The minimum atomic E-state index is -0.407. The first-order valence-corrected chi connectivity index (χ1v) is 9.14. The number of hydrogen-bond acceptors (Lipinski definition) is 4. The van der Waals surface area contributed by atoms with Gasteiger partial charge in [0.15, 0.2) is 0 Å². The highest BCUT2D eigenvalue weighted by Crippen LogP contribution is 2.29. The molecule has 1 heterocycles. The lowest BCUT2D eigenvalue weighted by Crippen LogP contribution is -2.48. The third-order valence-corrected chi connectivity index (χ3v) is 5.20. The molecule has 0 unspecified atom stereocenters. The molecule has 0 aliphatic carbocycles. The van der Waals surface area contributed by atoms with Crippen LogP contribution in [0.1, 0.15) is 5.56 Å². The van der Waals surface area contributed by atoms with Crippen LogP contribution in [0.15, 0.2) is 36.4 Å². The Morgan fingerprint density at radius 3 is 2.59 bits per heavy atom. The van der Waals surface area contributed by atoms with E-state index < -0.39 is 5.82 Å². The van der Waals surface area contributed by atoms with E-state index in [0.717, 1.165) is 0 Å². The molecule has 0 atom stereocenters. The number of amides is 1. The van der Waals surface area contributed by atoms with Crippen molar-refractivity contribution in [3.05, 3.63) is 57.8 Å². The summed E-state index contributed by atoms with van der Waals surface area (Å²) in [6, 6.07) is 11.5. The van der Waals surface area contributed by atoms with E-state index in [1.807, 2.05) is 15.9 Å². The monoisotopic (exact) mass is 406 g/mol. The molecule has 2 aromatic rings. The van der Waals surface area contributed by atoms with E-state index in [0.29, 0.717) is 53.2 Å². The van der Waals surface area contributed by atoms with Crippen LogP contribution in [0, 0.1) is 17.1 Å². The van der Waals surface area contributed by atoms with Gasteiger partial charge in [-0.2, -0.15) is 5.26 Å². The zero-order chi connectivity index (χ0) is 19.4. The van der Waals surface area contributed by atoms with Crippen molar-refractivity contribution in [1.82, 2.24) is 4.90 Å². The molecule has 2 aromatic carbocycles. The van der Waals surface area contributed by atoms with Gasteiger partial charge < -0.3 is 10.2 Å². The molecule has 1 aliphatic rings. The number of piperazine rings is 1. The molecule has 1 amide bonds. The molecule has 1 fully saturated rings. The third kappa shape index (κ3) is 4.69. The van der Waals surface area contributed by atoms with Gasteiger partial charge in [0.25, 0.3) is 0 Å². The predicted molar refractivity (Wildman–Crippen MR) is 105 cm³/mol. The van der Waals surface area contributed by atoms with Gasteiger partial charge in [-0.3, -0.25) is 9.69 Å². The predicted octanol–water partition coefficient (Wildman–Crippen LogP) is 3.76. The van der Waals surface area contributed by atoms with Crippen LogP contribution in [0.3, 0.4) is 0 Å². The molecule has 27 heavy (non-hydrogen) atoms. The first kappa shape index (κ1) is 19.4. The standard InChI is InChI=1S/C19H17Cl2FN4O/c20-14-2-1-3-16(19(14)21)24-18(27)12-25-6-8-26(9-7-25)17-5-4-13(11-23)10-15(17)22/h1-5,10H,6-9,12H2,(H,24,27). The second kappa shape index (κ2) is 8.57. The van der Waals surface area contributed by atoms with Crippen molar-refractivity contribution in [1.29, 1.82) is 5.26 Å². The number of rotatable bonds is 4.